The maximum absolute atomic E-state index is 12.0. The molecule has 2 aromatic rings. The fraction of sp³-hybridized carbons (Fsp3) is 0.438. The number of amides is 1. The molecule has 0 radical (unpaired) electrons. The van der Waals surface area contributed by atoms with Gasteiger partial charge >= 0.3 is 0 Å². The van der Waals surface area contributed by atoms with E-state index in [1.54, 1.807) is 6.20 Å². The zero-order valence-corrected chi connectivity index (χ0v) is 13.1. The van der Waals surface area contributed by atoms with E-state index in [4.69, 9.17) is 0 Å². The quantitative estimate of drug-likeness (QED) is 0.914. The van der Waals surface area contributed by atoms with Crippen molar-refractivity contribution in [3.8, 4) is 0 Å². The van der Waals surface area contributed by atoms with Crippen LogP contribution < -0.4 is 10.2 Å². The SMILES string of the molecule is Cc1ccnc(N2CCC(CNC(=O)c3cncnc3)CC2)n1. The molecule has 1 N–H and O–H groups in total. The summed E-state index contributed by atoms with van der Waals surface area (Å²) in [6, 6.07) is 1.90. The minimum Gasteiger partial charge on any atom is -0.352 e. The number of carbonyl (C=O) groups excluding carboxylic acids is 1. The number of nitrogens with one attached hydrogen (secondary N) is 1. The Morgan fingerprint density at radius 3 is 2.74 bits per heavy atom. The summed E-state index contributed by atoms with van der Waals surface area (Å²) in [4.78, 5) is 30.7. The average molecular weight is 312 g/mol. The third-order valence-electron chi connectivity index (χ3n) is 4.05. The van der Waals surface area contributed by atoms with Gasteiger partial charge in [0.05, 0.1) is 5.56 Å². The lowest BCUT2D eigenvalue weighted by molar-refractivity contribution is 0.0944. The van der Waals surface area contributed by atoms with Gasteiger partial charge in [-0.2, -0.15) is 0 Å². The molecule has 0 aromatic carbocycles. The Morgan fingerprint density at radius 1 is 1.30 bits per heavy atom. The van der Waals surface area contributed by atoms with Crippen LogP contribution in [0, 0.1) is 12.8 Å². The minimum atomic E-state index is -0.116. The van der Waals surface area contributed by atoms with Gasteiger partial charge in [-0.15, -0.1) is 0 Å². The van der Waals surface area contributed by atoms with Crippen molar-refractivity contribution >= 4 is 11.9 Å². The fourth-order valence-corrected chi connectivity index (χ4v) is 2.68. The van der Waals surface area contributed by atoms with E-state index >= 15 is 0 Å². The highest BCUT2D eigenvalue weighted by molar-refractivity contribution is 5.93. The van der Waals surface area contributed by atoms with Crippen molar-refractivity contribution in [1.82, 2.24) is 25.3 Å². The molecule has 2 aromatic heterocycles. The van der Waals surface area contributed by atoms with Gasteiger partial charge in [-0.25, -0.2) is 19.9 Å². The number of carbonyl (C=O) groups is 1. The molecule has 3 heterocycles. The van der Waals surface area contributed by atoms with Crippen LogP contribution in [0.4, 0.5) is 5.95 Å². The summed E-state index contributed by atoms with van der Waals surface area (Å²) in [6.07, 6.45) is 8.30. The maximum Gasteiger partial charge on any atom is 0.254 e. The Labute approximate surface area is 135 Å². The topological polar surface area (TPSA) is 83.9 Å². The van der Waals surface area contributed by atoms with E-state index in [2.05, 4.69) is 30.2 Å². The standard InChI is InChI=1S/C16H20N6O/c1-12-2-5-19-16(21-12)22-6-3-13(4-7-22)8-20-15(23)14-9-17-11-18-10-14/h2,5,9-11,13H,3-4,6-8H2,1H3,(H,20,23). The van der Waals surface area contributed by atoms with Crippen molar-refractivity contribution in [3.63, 3.8) is 0 Å². The average Bonchev–Trinajstić information content (AvgIpc) is 2.61. The van der Waals surface area contributed by atoms with E-state index in [9.17, 15) is 4.79 Å². The fourth-order valence-electron chi connectivity index (χ4n) is 2.68. The van der Waals surface area contributed by atoms with Crippen LogP contribution in [0.1, 0.15) is 28.9 Å². The molecule has 1 fully saturated rings. The Bertz CT molecular complexity index is 655. The number of piperidine rings is 1. The highest BCUT2D eigenvalue weighted by atomic mass is 16.1. The second-order valence-corrected chi connectivity index (χ2v) is 5.77. The number of nitrogens with zero attached hydrogens (tertiary/aromatic N) is 5. The smallest absolute Gasteiger partial charge is 0.254 e. The monoisotopic (exact) mass is 312 g/mol. The Kier molecular flexibility index (Phi) is 4.75. The molecule has 0 aliphatic carbocycles. The van der Waals surface area contributed by atoms with Gasteiger partial charge in [0.25, 0.3) is 5.91 Å². The number of rotatable bonds is 4. The van der Waals surface area contributed by atoms with Crippen molar-refractivity contribution in [2.45, 2.75) is 19.8 Å². The van der Waals surface area contributed by atoms with Crippen molar-refractivity contribution in [2.24, 2.45) is 5.92 Å². The summed E-state index contributed by atoms with van der Waals surface area (Å²) >= 11 is 0. The van der Waals surface area contributed by atoms with Crippen molar-refractivity contribution in [1.29, 1.82) is 0 Å². The second kappa shape index (κ2) is 7.13. The van der Waals surface area contributed by atoms with Crippen molar-refractivity contribution in [3.05, 3.63) is 42.2 Å². The molecule has 3 rings (SSSR count). The number of anilines is 1. The van der Waals surface area contributed by atoms with E-state index < -0.39 is 0 Å². The third-order valence-corrected chi connectivity index (χ3v) is 4.05. The molecule has 0 saturated carbocycles. The highest BCUT2D eigenvalue weighted by Crippen LogP contribution is 2.20. The first-order chi connectivity index (χ1) is 11.2. The molecule has 0 unspecified atom stereocenters. The molecule has 1 saturated heterocycles. The lowest BCUT2D eigenvalue weighted by Crippen LogP contribution is -2.39. The van der Waals surface area contributed by atoms with Gasteiger partial charge in [0.15, 0.2) is 0 Å². The maximum atomic E-state index is 12.0. The normalized spacial score (nSPS) is 15.4. The number of aromatic nitrogens is 4. The van der Waals surface area contributed by atoms with Gasteiger partial charge in [-0.3, -0.25) is 4.79 Å². The molecule has 7 nitrogen and oxygen atoms in total. The Balaban J connectivity index is 1.47. The molecule has 23 heavy (non-hydrogen) atoms. The van der Waals surface area contributed by atoms with E-state index in [-0.39, 0.29) is 5.91 Å². The van der Waals surface area contributed by atoms with Gasteiger partial charge in [0.1, 0.15) is 6.33 Å². The Morgan fingerprint density at radius 2 is 2.04 bits per heavy atom. The van der Waals surface area contributed by atoms with Crippen molar-refractivity contribution < 1.29 is 4.79 Å². The van der Waals surface area contributed by atoms with Gasteiger partial charge in [0, 0.05) is 43.9 Å². The van der Waals surface area contributed by atoms with E-state index in [1.165, 1.54) is 18.7 Å². The van der Waals surface area contributed by atoms with Crippen LogP contribution in [-0.4, -0.2) is 45.5 Å². The van der Waals surface area contributed by atoms with Crippen LogP contribution in [0.15, 0.2) is 31.0 Å². The van der Waals surface area contributed by atoms with E-state index in [0.29, 0.717) is 18.0 Å². The molecule has 7 heteroatoms. The largest absolute Gasteiger partial charge is 0.352 e. The van der Waals surface area contributed by atoms with Crippen LogP contribution in [0.5, 0.6) is 0 Å². The summed E-state index contributed by atoms with van der Waals surface area (Å²) < 4.78 is 0. The second-order valence-electron chi connectivity index (χ2n) is 5.77. The Hall–Kier alpha value is -2.57. The van der Waals surface area contributed by atoms with Gasteiger partial charge in [0.2, 0.25) is 5.95 Å². The van der Waals surface area contributed by atoms with E-state index in [0.717, 1.165) is 37.6 Å². The lowest BCUT2D eigenvalue weighted by atomic mass is 9.97. The van der Waals surface area contributed by atoms with Gasteiger partial charge < -0.3 is 10.2 Å². The summed E-state index contributed by atoms with van der Waals surface area (Å²) in [6.45, 7) is 4.48. The van der Waals surface area contributed by atoms with Crippen LogP contribution >= 0.6 is 0 Å². The zero-order valence-electron chi connectivity index (χ0n) is 13.1. The summed E-state index contributed by atoms with van der Waals surface area (Å²) in [5, 5.41) is 2.96. The van der Waals surface area contributed by atoms with Crippen LogP contribution in [0.25, 0.3) is 0 Å². The molecular formula is C16H20N6O. The van der Waals surface area contributed by atoms with Crippen LogP contribution in [-0.2, 0) is 0 Å². The molecule has 1 aliphatic rings. The first kappa shape index (κ1) is 15.3. The van der Waals surface area contributed by atoms with Crippen LogP contribution in [0.2, 0.25) is 0 Å². The summed E-state index contributed by atoms with van der Waals surface area (Å²) in [5.74, 6) is 1.16. The van der Waals surface area contributed by atoms with Gasteiger partial charge in [-0.05, 0) is 31.7 Å². The molecule has 1 aliphatic heterocycles. The summed E-state index contributed by atoms with van der Waals surface area (Å²) in [7, 11) is 0. The molecule has 120 valence electrons. The molecule has 1 amide bonds. The highest BCUT2D eigenvalue weighted by Gasteiger charge is 2.21. The van der Waals surface area contributed by atoms with Crippen LogP contribution in [0.3, 0.4) is 0 Å². The number of hydrogen-bond acceptors (Lipinski definition) is 6. The molecule has 0 atom stereocenters. The van der Waals surface area contributed by atoms with Gasteiger partial charge in [-0.1, -0.05) is 0 Å². The third kappa shape index (κ3) is 4.00. The number of aryl methyl sites for hydroxylation is 1. The molecular weight excluding hydrogens is 292 g/mol. The van der Waals surface area contributed by atoms with Crippen molar-refractivity contribution in [2.75, 3.05) is 24.5 Å². The summed E-state index contributed by atoms with van der Waals surface area (Å²) in [5.41, 5.74) is 1.48. The first-order valence-electron chi connectivity index (χ1n) is 7.80. The first-order valence-corrected chi connectivity index (χ1v) is 7.80. The molecule has 0 bridgehead atoms. The zero-order chi connectivity index (χ0) is 16.1. The molecule has 0 spiro atoms. The van der Waals surface area contributed by atoms with E-state index in [1.807, 2.05) is 13.0 Å². The minimum absolute atomic E-state index is 0.116. The number of hydrogen-bond donors (Lipinski definition) is 1. The predicted molar refractivity (Wildman–Crippen MR) is 86.1 cm³/mol. The lowest BCUT2D eigenvalue weighted by Gasteiger charge is -2.32. The predicted octanol–water partition coefficient (Wildman–Crippen LogP) is 1.22.